The van der Waals surface area contributed by atoms with Crippen molar-refractivity contribution in [3.8, 4) is 0 Å². The minimum Gasteiger partial charge on any atom is -0.397 e. The molecule has 0 amide bonds. The number of hydrogen-bond donors (Lipinski definition) is 2. The lowest BCUT2D eigenvalue weighted by Crippen LogP contribution is -2.16. The Morgan fingerprint density at radius 2 is 2.29 bits per heavy atom. The number of hydroxylamine groups is 1. The van der Waals surface area contributed by atoms with Crippen molar-refractivity contribution in [2.75, 3.05) is 25.0 Å². The van der Waals surface area contributed by atoms with Gasteiger partial charge in [-0.2, -0.15) is 5.10 Å². The summed E-state index contributed by atoms with van der Waals surface area (Å²) in [6, 6.07) is 3.77. The molecule has 0 saturated heterocycles. The number of nitrogens with two attached hydrogens (primary N) is 1. The Balaban J connectivity index is 2.58. The van der Waals surface area contributed by atoms with Crippen LogP contribution in [0.2, 0.25) is 0 Å². The van der Waals surface area contributed by atoms with E-state index in [9.17, 15) is 0 Å². The van der Waals surface area contributed by atoms with Crippen molar-refractivity contribution in [2.45, 2.75) is 0 Å². The van der Waals surface area contributed by atoms with Crippen molar-refractivity contribution in [2.24, 2.45) is 0 Å². The second-order valence-electron chi connectivity index (χ2n) is 3.05. The maximum atomic E-state index is 5.86. The summed E-state index contributed by atoms with van der Waals surface area (Å²) in [5.41, 5.74) is 8.29. The van der Waals surface area contributed by atoms with Crippen LogP contribution in [0.3, 0.4) is 0 Å². The van der Waals surface area contributed by atoms with E-state index in [2.05, 4.69) is 10.2 Å². The molecule has 3 N–H and O–H groups in total. The number of aromatic nitrogens is 2. The van der Waals surface area contributed by atoms with Gasteiger partial charge in [0.15, 0.2) is 0 Å². The highest BCUT2D eigenvalue weighted by atomic mass is 16.7. The van der Waals surface area contributed by atoms with Crippen LogP contribution < -0.4 is 10.8 Å². The first-order valence-electron chi connectivity index (χ1n) is 4.23. The number of H-pyrrole nitrogens is 1. The van der Waals surface area contributed by atoms with Crippen LogP contribution in [0.1, 0.15) is 0 Å². The molecular formula is C9H12N4O. The first-order valence-corrected chi connectivity index (χ1v) is 4.23. The molecule has 0 saturated carbocycles. The number of nitrogens with zero attached hydrogens (tertiary/aromatic N) is 2. The summed E-state index contributed by atoms with van der Waals surface area (Å²) >= 11 is 0. The highest BCUT2D eigenvalue weighted by Crippen LogP contribution is 2.27. The van der Waals surface area contributed by atoms with Crippen molar-refractivity contribution in [1.82, 2.24) is 10.2 Å². The Labute approximate surface area is 81.4 Å². The normalized spacial score (nSPS) is 10.7. The molecule has 1 heterocycles. The zero-order valence-electron chi connectivity index (χ0n) is 8.11. The third-order valence-corrected chi connectivity index (χ3v) is 2.20. The highest BCUT2D eigenvalue weighted by Gasteiger charge is 2.07. The number of hydrogen-bond acceptors (Lipinski definition) is 4. The first kappa shape index (κ1) is 8.83. The van der Waals surface area contributed by atoms with Gasteiger partial charge in [-0.3, -0.25) is 15.0 Å². The molecule has 1 aromatic carbocycles. The topological polar surface area (TPSA) is 67.2 Å². The fraction of sp³-hybridized carbons (Fsp3) is 0.222. The lowest BCUT2D eigenvalue weighted by Gasteiger charge is -2.17. The van der Waals surface area contributed by atoms with E-state index in [0.717, 1.165) is 16.6 Å². The fourth-order valence-electron chi connectivity index (χ4n) is 1.37. The summed E-state index contributed by atoms with van der Waals surface area (Å²) in [6.07, 6.45) is 1.74. The third-order valence-electron chi connectivity index (χ3n) is 2.20. The number of benzene rings is 1. The average molecular weight is 192 g/mol. The van der Waals surface area contributed by atoms with Crippen molar-refractivity contribution in [3.63, 3.8) is 0 Å². The van der Waals surface area contributed by atoms with Crippen LogP contribution in [0.15, 0.2) is 18.3 Å². The number of nitrogens with one attached hydrogen (secondary N) is 1. The largest absolute Gasteiger partial charge is 0.397 e. The Bertz CT molecular complexity index is 451. The summed E-state index contributed by atoms with van der Waals surface area (Å²) in [6.45, 7) is 0. The summed E-state index contributed by atoms with van der Waals surface area (Å²) in [7, 11) is 3.39. The van der Waals surface area contributed by atoms with E-state index < -0.39 is 0 Å². The molecule has 0 aliphatic heterocycles. The van der Waals surface area contributed by atoms with E-state index in [1.54, 1.807) is 25.4 Å². The molecule has 5 nitrogen and oxygen atoms in total. The monoisotopic (exact) mass is 192 g/mol. The number of fused-ring (bicyclic) bond motifs is 1. The van der Waals surface area contributed by atoms with Crippen molar-refractivity contribution < 1.29 is 4.84 Å². The van der Waals surface area contributed by atoms with E-state index in [1.165, 1.54) is 0 Å². The number of anilines is 2. The lowest BCUT2D eigenvalue weighted by molar-refractivity contribution is 0.185. The summed E-state index contributed by atoms with van der Waals surface area (Å²) in [4.78, 5) is 5.06. The van der Waals surface area contributed by atoms with Crippen molar-refractivity contribution in [3.05, 3.63) is 18.3 Å². The molecule has 0 fully saturated rings. The van der Waals surface area contributed by atoms with Gasteiger partial charge >= 0.3 is 0 Å². The summed E-state index contributed by atoms with van der Waals surface area (Å²) in [5, 5.41) is 9.41. The van der Waals surface area contributed by atoms with Crippen molar-refractivity contribution in [1.29, 1.82) is 0 Å². The molecule has 5 heteroatoms. The Morgan fingerprint density at radius 3 is 3.00 bits per heavy atom. The number of nitrogen functional groups attached to an aromatic ring is 1. The van der Waals surface area contributed by atoms with Crippen LogP contribution >= 0.6 is 0 Å². The Kier molecular flexibility index (Phi) is 2.01. The molecule has 2 rings (SSSR count). The molecule has 0 aliphatic rings. The van der Waals surface area contributed by atoms with Gasteiger partial charge < -0.3 is 5.73 Å². The second-order valence-corrected chi connectivity index (χ2v) is 3.05. The zero-order chi connectivity index (χ0) is 10.1. The molecule has 0 spiro atoms. The molecule has 0 bridgehead atoms. The van der Waals surface area contributed by atoms with Gasteiger partial charge in [0.2, 0.25) is 0 Å². The van der Waals surface area contributed by atoms with E-state index in [4.69, 9.17) is 10.6 Å². The minimum absolute atomic E-state index is 0.670. The molecule has 74 valence electrons. The molecule has 0 aliphatic carbocycles. The molecule has 0 atom stereocenters. The molecule has 2 aromatic rings. The third kappa shape index (κ3) is 1.27. The fourth-order valence-corrected chi connectivity index (χ4v) is 1.37. The quantitative estimate of drug-likeness (QED) is 0.553. The molecular weight excluding hydrogens is 180 g/mol. The maximum Gasteiger partial charge on any atom is 0.0884 e. The predicted octanol–water partition coefficient (Wildman–Crippen LogP) is 1.14. The highest BCUT2D eigenvalue weighted by molar-refractivity contribution is 5.88. The van der Waals surface area contributed by atoms with Crippen LogP contribution in [-0.2, 0) is 4.84 Å². The molecule has 14 heavy (non-hydrogen) atoms. The van der Waals surface area contributed by atoms with Crippen LogP contribution in [0.25, 0.3) is 10.9 Å². The number of aromatic amines is 1. The Hall–Kier alpha value is -1.75. The zero-order valence-corrected chi connectivity index (χ0v) is 8.11. The first-order chi connectivity index (χ1) is 6.72. The van der Waals surface area contributed by atoms with Crippen molar-refractivity contribution >= 4 is 22.3 Å². The van der Waals surface area contributed by atoms with E-state index in [0.29, 0.717) is 5.69 Å². The smallest absolute Gasteiger partial charge is 0.0884 e. The lowest BCUT2D eigenvalue weighted by atomic mass is 10.2. The van der Waals surface area contributed by atoms with E-state index in [-0.39, 0.29) is 0 Å². The SMILES string of the molecule is CON(C)c1cc2[nH]ncc2cc1N. The van der Waals surface area contributed by atoms with Gasteiger partial charge in [0.25, 0.3) is 0 Å². The predicted molar refractivity (Wildman–Crippen MR) is 55.9 cm³/mol. The average Bonchev–Trinajstić information content (AvgIpc) is 2.62. The van der Waals surface area contributed by atoms with Gasteiger partial charge in [-0.1, -0.05) is 0 Å². The van der Waals surface area contributed by atoms with Crippen LogP contribution in [0.5, 0.6) is 0 Å². The van der Waals surface area contributed by atoms with Crippen LogP contribution in [0.4, 0.5) is 11.4 Å². The van der Waals surface area contributed by atoms with Gasteiger partial charge in [0, 0.05) is 12.4 Å². The van der Waals surface area contributed by atoms with E-state index >= 15 is 0 Å². The standard InChI is InChI=1S/C9H12N4O/c1-13(14-2)9-4-8-6(3-7(9)10)5-11-12-8/h3-5H,10H2,1-2H3,(H,11,12). The summed E-state index contributed by atoms with van der Waals surface area (Å²) in [5.74, 6) is 0. The molecule has 1 aromatic heterocycles. The van der Waals surface area contributed by atoms with Crippen LogP contribution in [-0.4, -0.2) is 24.4 Å². The van der Waals surface area contributed by atoms with Gasteiger partial charge in [0.05, 0.1) is 30.2 Å². The van der Waals surface area contributed by atoms with Gasteiger partial charge in [-0.05, 0) is 12.1 Å². The molecule has 0 radical (unpaired) electrons. The minimum atomic E-state index is 0.670. The van der Waals surface area contributed by atoms with Gasteiger partial charge in [-0.15, -0.1) is 0 Å². The van der Waals surface area contributed by atoms with Gasteiger partial charge in [-0.25, -0.2) is 0 Å². The van der Waals surface area contributed by atoms with E-state index in [1.807, 2.05) is 12.1 Å². The molecule has 0 unspecified atom stereocenters. The maximum absolute atomic E-state index is 5.86. The number of rotatable bonds is 2. The Morgan fingerprint density at radius 1 is 1.50 bits per heavy atom. The second kappa shape index (κ2) is 3.19. The summed E-state index contributed by atoms with van der Waals surface area (Å²) < 4.78 is 0. The van der Waals surface area contributed by atoms with Crippen LogP contribution in [0, 0.1) is 0 Å². The van der Waals surface area contributed by atoms with Gasteiger partial charge in [0.1, 0.15) is 0 Å².